The second-order valence-corrected chi connectivity index (χ2v) is 7.21. The second-order valence-electron chi connectivity index (χ2n) is 7.21. The van der Waals surface area contributed by atoms with Crippen molar-refractivity contribution >= 4 is 17.9 Å². The van der Waals surface area contributed by atoms with E-state index in [1.54, 1.807) is 6.92 Å². The van der Waals surface area contributed by atoms with Crippen molar-refractivity contribution in [3.63, 3.8) is 0 Å². The maximum absolute atomic E-state index is 11.9. The van der Waals surface area contributed by atoms with Crippen molar-refractivity contribution in [2.75, 3.05) is 24.6 Å². The third kappa shape index (κ3) is 5.99. The Bertz CT molecular complexity index is 587. The predicted molar refractivity (Wildman–Crippen MR) is 93.4 cm³/mol. The average Bonchev–Trinajstić information content (AvgIpc) is 2.54. The lowest BCUT2D eigenvalue weighted by Gasteiger charge is -2.32. The summed E-state index contributed by atoms with van der Waals surface area (Å²) in [6.07, 6.45) is 5.22. The van der Waals surface area contributed by atoms with Crippen LogP contribution >= 0.6 is 0 Å². The highest BCUT2D eigenvalue weighted by Crippen LogP contribution is 2.24. The first kappa shape index (κ1) is 19.1. The first-order valence-corrected chi connectivity index (χ1v) is 8.74. The summed E-state index contributed by atoms with van der Waals surface area (Å²) in [4.78, 5) is 34.1. The fraction of sp³-hybridized carbons (Fsp3) is 0.667. The molecule has 1 aromatic heterocycles. The Kier molecular flexibility index (Phi) is 6.33. The van der Waals surface area contributed by atoms with Gasteiger partial charge in [0.25, 0.3) is 0 Å². The lowest BCUT2D eigenvalue weighted by atomic mass is 9.93. The van der Waals surface area contributed by atoms with Gasteiger partial charge in [0.2, 0.25) is 5.95 Å². The number of esters is 2. The Labute approximate surface area is 148 Å². The van der Waals surface area contributed by atoms with E-state index in [-0.39, 0.29) is 5.97 Å². The highest BCUT2D eigenvalue weighted by molar-refractivity contribution is 5.88. The van der Waals surface area contributed by atoms with Crippen LogP contribution in [0.25, 0.3) is 0 Å². The molecule has 0 aromatic carbocycles. The topological polar surface area (TPSA) is 81.6 Å². The van der Waals surface area contributed by atoms with E-state index in [4.69, 9.17) is 9.47 Å². The van der Waals surface area contributed by atoms with E-state index >= 15 is 0 Å². The molecule has 7 nitrogen and oxygen atoms in total. The molecule has 7 heteroatoms. The van der Waals surface area contributed by atoms with Gasteiger partial charge in [-0.05, 0) is 46.5 Å². The molecule has 1 aromatic rings. The molecule has 0 N–H and O–H groups in total. The highest BCUT2D eigenvalue weighted by atomic mass is 16.6. The Morgan fingerprint density at radius 2 is 1.80 bits per heavy atom. The fourth-order valence-corrected chi connectivity index (χ4v) is 2.76. The molecule has 1 aliphatic rings. The van der Waals surface area contributed by atoms with Gasteiger partial charge in [-0.3, -0.25) is 4.79 Å². The molecule has 138 valence electrons. The Morgan fingerprint density at radius 3 is 2.32 bits per heavy atom. The lowest BCUT2D eigenvalue weighted by molar-refractivity contribution is -0.156. The molecule has 0 spiro atoms. The van der Waals surface area contributed by atoms with Gasteiger partial charge in [0.15, 0.2) is 0 Å². The second kappa shape index (κ2) is 8.27. The number of piperidine rings is 1. The van der Waals surface area contributed by atoms with Gasteiger partial charge in [0.05, 0.1) is 12.2 Å². The maximum Gasteiger partial charge on any atom is 0.341 e. The van der Waals surface area contributed by atoms with Gasteiger partial charge < -0.3 is 14.4 Å². The smallest absolute Gasteiger partial charge is 0.341 e. The minimum absolute atomic E-state index is 0.138. The first-order valence-electron chi connectivity index (χ1n) is 8.74. The van der Waals surface area contributed by atoms with Crippen LogP contribution in [0.2, 0.25) is 0 Å². The van der Waals surface area contributed by atoms with E-state index in [1.165, 1.54) is 12.4 Å². The molecule has 1 saturated heterocycles. The van der Waals surface area contributed by atoms with E-state index < -0.39 is 11.6 Å². The number of carbonyl (C=O) groups is 2. The zero-order chi connectivity index (χ0) is 18.4. The van der Waals surface area contributed by atoms with Crippen molar-refractivity contribution in [3.05, 3.63) is 18.0 Å². The molecule has 2 rings (SSSR count). The summed E-state index contributed by atoms with van der Waals surface area (Å²) in [5.41, 5.74) is -0.0860. The predicted octanol–water partition coefficient (Wildman–Crippen LogP) is 2.60. The van der Waals surface area contributed by atoms with Crippen LogP contribution in [-0.2, 0) is 14.3 Å². The fourth-order valence-electron chi connectivity index (χ4n) is 2.76. The van der Waals surface area contributed by atoms with Gasteiger partial charge in [-0.2, -0.15) is 0 Å². The number of ether oxygens (including phenoxy) is 2. The molecule has 0 aliphatic carbocycles. The zero-order valence-corrected chi connectivity index (χ0v) is 15.4. The van der Waals surface area contributed by atoms with E-state index in [9.17, 15) is 9.59 Å². The summed E-state index contributed by atoms with van der Waals surface area (Å²) in [5.74, 6) is 0.375. The van der Waals surface area contributed by atoms with Crippen molar-refractivity contribution in [2.24, 2.45) is 5.92 Å². The van der Waals surface area contributed by atoms with Crippen molar-refractivity contribution in [2.45, 2.75) is 52.6 Å². The third-order valence-corrected chi connectivity index (χ3v) is 3.92. The van der Waals surface area contributed by atoms with Crippen molar-refractivity contribution < 1.29 is 19.1 Å². The Hall–Kier alpha value is -2.18. The standard InChI is InChI=1S/C18H27N3O4/c1-5-24-16(23)14-11-19-17(20-12-14)21-8-6-13(7-9-21)10-15(22)25-18(2,3)4/h11-13H,5-10H2,1-4H3. The van der Waals surface area contributed by atoms with Gasteiger partial charge in [-0.15, -0.1) is 0 Å². The highest BCUT2D eigenvalue weighted by Gasteiger charge is 2.25. The molecule has 0 amide bonds. The van der Waals surface area contributed by atoms with Crippen molar-refractivity contribution in [1.29, 1.82) is 0 Å². The summed E-state index contributed by atoms with van der Waals surface area (Å²) in [7, 11) is 0. The lowest BCUT2D eigenvalue weighted by Crippen LogP contribution is -2.36. The molecule has 0 bridgehead atoms. The van der Waals surface area contributed by atoms with E-state index in [0.29, 0.717) is 30.5 Å². The third-order valence-electron chi connectivity index (χ3n) is 3.92. The van der Waals surface area contributed by atoms with Crippen LogP contribution in [0.1, 0.15) is 57.3 Å². The molecule has 0 radical (unpaired) electrons. The van der Waals surface area contributed by atoms with Gasteiger partial charge in [0.1, 0.15) is 5.60 Å². The summed E-state index contributed by atoms with van der Waals surface area (Å²) >= 11 is 0. The van der Waals surface area contributed by atoms with E-state index in [1.807, 2.05) is 20.8 Å². The summed E-state index contributed by atoms with van der Waals surface area (Å²) in [6, 6.07) is 0. The minimum Gasteiger partial charge on any atom is -0.462 e. The molecule has 1 aliphatic heterocycles. The number of nitrogens with zero attached hydrogens (tertiary/aromatic N) is 3. The zero-order valence-electron chi connectivity index (χ0n) is 15.4. The molecular weight excluding hydrogens is 322 g/mol. The number of carbonyl (C=O) groups excluding carboxylic acids is 2. The van der Waals surface area contributed by atoms with Crippen LogP contribution in [0, 0.1) is 5.92 Å². The monoisotopic (exact) mass is 349 g/mol. The number of rotatable bonds is 5. The summed E-state index contributed by atoms with van der Waals surface area (Å²) in [5, 5.41) is 0. The van der Waals surface area contributed by atoms with Crippen molar-refractivity contribution in [3.8, 4) is 0 Å². The Balaban J connectivity index is 1.83. The number of anilines is 1. The van der Waals surface area contributed by atoms with Crippen LogP contribution in [-0.4, -0.2) is 47.2 Å². The maximum atomic E-state index is 11.9. The molecule has 0 unspecified atom stereocenters. The van der Waals surface area contributed by atoms with E-state index in [2.05, 4.69) is 14.9 Å². The molecule has 1 fully saturated rings. The van der Waals surface area contributed by atoms with Gasteiger partial charge >= 0.3 is 11.9 Å². The number of hydrogen-bond donors (Lipinski definition) is 0. The van der Waals surface area contributed by atoms with Crippen LogP contribution in [0.15, 0.2) is 12.4 Å². The molecular formula is C18H27N3O4. The molecule has 25 heavy (non-hydrogen) atoms. The summed E-state index contributed by atoms with van der Waals surface area (Å²) < 4.78 is 10.3. The number of aromatic nitrogens is 2. The van der Waals surface area contributed by atoms with Crippen LogP contribution in [0.4, 0.5) is 5.95 Å². The average molecular weight is 349 g/mol. The van der Waals surface area contributed by atoms with Gasteiger partial charge in [-0.1, -0.05) is 0 Å². The van der Waals surface area contributed by atoms with Crippen molar-refractivity contribution in [1.82, 2.24) is 9.97 Å². The van der Waals surface area contributed by atoms with Crippen LogP contribution < -0.4 is 4.90 Å². The minimum atomic E-state index is -0.438. The Morgan fingerprint density at radius 1 is 1.20 bits per heavy atom. The van der Waals surface area contributed by atoms with Gasteiger partial charge in [0, 0.05) is 31.9 Å². The quantitative estimate of drug-likeness (QED) is 0.756. The summed E-state index contributed by atoms with van der Waals surface area (Å²) in [6.45, 7) is 9.29. The SMILES string of the molecule is CCOC(=O)c1cnc(N2CCC(CC(=O)OC(C)(C)C)CC2)nc1. The molecule has 0 saturated carbocycles. The molecule has 2 heterocycles. The van der Waals surface area contributed by atoms with Crippen LogP contribution in [0.5, 0.6) is 0 Å². The van der Waals surface area contributed by atoms with E-state index in [0.717, 1.165) is 25.9 Å². The van der Waals surface area contributed by atoms with Crippen LogP contribution in [0.3, 0.4) is 0 Å². The largest absolute Gasteiger partial charge is 0.462 e. The molecule has 0 atom stereocenters. The number of hydrogen-bond acceptors (Lipinski definition) is 7. The first-order chi connectivity index (χ1) is 11.8. The van der Waals surface area contributed by atoms with Gasteiger partial charge in [-0.25, -0.2) is 14.8 Å². The normalized spacial score (nSPS) is 15.8.